The molecule has 0 aliphatic rings. The van der Waals surface area contributed by atoms with Crippen LogP contribution in [0.3, 0.4) is 0 Å². The molecule has 18 heavy (non-hydrogen) atoms. The van der Waals surface area contributed by atoms with E-state index >= 15 is 0 Å². The van der Waals surface area contributed by atoms with Gasteiger partial charge in [0.1, 0.15) is 11.7 Å². The van der Waals surface area contributed by atoms with Crippen molar-refractivity contribution in [1.29, 1.82) is 0 Å². The molecule has 1 atom stereocenters. The Labute approximate surface area is 107 Å². The van der Waals surface area contributed by atoms with Crippen molar-refractivity contribution in [2.75, 3.05) is 0 Å². The number of aromatic nitrogens is 1. The highest BCUT2D eigenvalue weighted by Gasteiger charge is 2.20. The third-order valence-corrected chi connectivity index (χ3v) is 2.71. The fraction of sp³-hybridized carbons (Fsp3) is 0.538. The van der Waals surface area contributed by atoms with E-state index in [4.69, 9.17) is 5.11 Å². The zero-order valence-corrected chi connectivity index (χ0v) is 10.8. The van der Waals surface area contributed by atoms with Gasteiger partial charge in [0.15, 0.2) is 0 Å². The summed E-state index contributed by atoms with van der Waals surface area (Å²) in [6.45, 7) is 4.67. The molecule has 0 radical (unpaired) electrons. The maximum Gasteiger partial charge on any atom is 0.326 e. The summed E-state index contributed by atoms with van der Waals surface area (Å²) in [5.74, 6) is -1.31. The normalized spacial score (nSPS) is 12.1. The third kappa shape index (κ3) is 3.61. The monoisotopic (exact) mass is 252 g/mol. The van der Waals surface area contributed by atoms with Crippen molar-refractivity contribution in [2.24, 2.45) is 0 Å². The number of rotatable bonds is 7. The molecule has 1 aromatic rings. The van der Waals surface area contributed by atoms with Crippen LogP contribution in [0.4, 0.5) is 0 Å². The molecule has 2 N–H and O–H groups in total. The van der Waals surface area contributed by atoms with E-state index in [1.807, 2.05) is 24.6 Å². The van der Waals surface area contributed by atoms with Gasteiger partial charge in [0.05, 0.1) is 0 Å². The van der Waals surface area contributed by atoms with Gasteiger partial charge in [-0.2, -0.15) is 0 Å². The lowest BCUT2D eigenvalue weighted by atomic mass is 10.1. The number of aliphatic carboxylic acids is 1. The number of nitrogens with one attached hydrogen (secondary N) is 1. The van der Waals surface area contributed by atoms with Gasteiger partial charge in [-0.15, -0.1) is 0 Å². The van der Waals surface area contributed by atoms with E-state index in [2.05, 4.69) is 5.32 Å². The maximum atomic E-state index is 12.0. The minimum Gasteiger partial charge on any atom is -0.480 e. The molecule has 1 amide bonds. The van der Waals surface area contributed by atoms with Crippen LogP contribution >= 0.6 is 0 Å². The highest BCUT2D eigenvalue weighted by Crippen LogP contribution is 2.05. The number of carboxylic acid groups (broad SMARTS) is 1. The quantitative estimate of drug-likeness (QED) is 0.778. The Balaban J connectivity index is 2.74. The second-order valence-corrected chi connectivity index (χ2v) is 4.24. The van der Waals surface area contributed by atoms with E-state index in [9.17, 15) is 9.59 Å². The number of aryl methyl sites for hydroxylation is 1. The first-order chi connectivity index (χ1) is 8.60. The van der Waals surface area contributed by atoms with E-state index < -0.39 is 12.0 Å². The van der Waals surface area contributed by atoms with Crippen molar-refractivity contribution < 1.29 is 14.7 Å². The van der Waals surface area contributed by atoms with Crippen molar-refractivity contribution in [3.05, 3.63) is 24.0 Å². The van der Waals surface area contributed by atoms with E-state index in [0.29, 0.717) is 18.5 Å². The third-order valence-electron chi connectivity index (χ3n) is 2.71. The van der Waals surface area contributed by atoms with Gasteiger partial charge in [0.25, 0.3) is 5.91 Å². The lowest BCUT2D eigenvalue weighted by Gasteiger charge is -2.14. The Morgan fingerprint density at radius 2 is 2.11 bits per heavy atom. The van der Waals surface area contributed by atoms with Crippen molar-refractivity contribution in [3.8, 4) is 0 Å². The van der Waals surface area contributed by atoms with Crippen LogP contribution in [0.15, 0.2) is 18.3 Å². The Morgan fingerprint density at radius 1 is 1.39 bits per heavy atom. The number of carbonyl (C=O) groups is 2. The molecule has 1 aromatic heterocycles. The molecular weight excluding hydrogens is 232 g/mol. The van der Waals surface area contributed by atoms with Crippen LogP contribution in [0, 0.1) is 0 Å². The molecule has 1 rings (SSSR count). The van der Waals surface area contributed by atoms with Crippen molar-refractivity contribution in [2.45, 2.75) is 45.7 Å². The molecule has 0 aromatic carbocycles. The first-order valence-electron chi connectivity index (χ1n) is 6.29. The molecule has 5 heteroatoms. The van der Waals surface area contributed by atoms with E-state index in [-0.39, 0.29) is 5.91 Å². The van der Waals surface area contributed by atoms with Gasteiger partial charge in [0.2, 0.25) is 0 Å². The molecule has 0 fully saturated rings. The topological polar surface area (TPSA) is 71.3 Å². The fourth-order valence-corrected chi connectivity index (χ4v) is 1.83. The van der Waals surface area contributed by atoms with Crippen LogP contribution in [0.25, 0.3) is 0 Å². The first-order valence-corrected chi connectivity index (χ1v) is 6.29. The van der Waals surface area contributed by atoms with Crippen LogP contribution < -0.4 is 5.32 Å². The van der Waals surface area contributed by atoms with Crippen LogP contribution in [-0.2, 0) is 11.3 Å². The van der Waals surface area contributed by atoms with Crippen LogP contribution in [0.2, 0.25) is 0 Å². The van der Waals surface area contributed by atoms with Gasteiger partial charge < -0.3 is 15.0 Å². The van der Waals surface area contributed by atoms with Crippen LogP contribution in [0.5, 0.6) is 0 Å². The molecule has 100 valence electrons. The van der Waals surface area contributed by atoms with E-state index in [0.717, 1.165) is 13.0 Å². The smallest absolute Gasteiger partial charge is 0.326 e. The van der Waals surface area contributed by atoms with Gasteiger partial charge in [-0.05, 0) is 25.0 Å². The Morgan fingerprint density at radius 3 is 2.67 bits per heavy atom. The molecule has 1 heterocycles. The molecule has 0 aliphatic heterocycles. The summed E-state index contributed by atoms with van der Waals surface area (Å²) in [6, 6.07) is 2.68. The summed E-state index contributed by atoms with van der Waals surface area (Å²) >= 11 is 0. The summed E-state index contributed by atoms with van der Waals surface area (Å²) in [5, 5.41) is 11.6. The summed E-state index contributed by atoms with van der Waals surface area (Å²) in [5.41, 5.74) is 0.513. The minimum absolute atomic E-state index is 0.325. The zero-order chi connectivity index (χ0) is 13.5. The molecule has 0 bridgehead atoms. The minimum atomic E-state index is -0.987. The SMILES string of the molecule is CCC[C@H](NC(=O)c1cccn1CCC)C(=O)O. The lowest BCUT2D eigenvalue weighted by molar-refractivity contribution is -0.139. The average Bonchev–Trinajstić information content (AvgIpc) is 2.77. The van der Waals surface area contributed by atoms with Crippen molar-refractivity contribution in [3.63, 3.8) is 0 Å². The predicted molar refractivity (Wildman–Crippen MR) is 68.5 cm³/mol. The number of amides is 1. The lowest BCUT2D eigenvalue weighted by Crippen LogP contribution is -2.41. The number of hydrogen-bond donors (Lipinski definition) is 2. The zero-order valence-electron chi connectivity index (χ0n) is 10.8. The standard InChI is InChI=1S/C13H20N2O3/c1-3-6-10(13(17)18)14-12(16)11-7-5-9-15(11)8-4-2/h5,7,9-10H,3-4,6,8H2,1-2H3,(H,14,16)(H,17,18)/t10-/m0/s1. The second kappa shape index (κ2) is 6.83. The molecule has 0 aliphatic carbocycles. The second-order valence-electron chi connectivity index (χ2n) is 4.24. The van der Waals surface area contributed by atoms with Gasteiger partial charge in [0, 0.05) is 12.7 Å². The summed E-state index contributed by atoms with van der Waals surface area (Å²) in [7, 11) is 0. The first kappa shape index (κ1) is 14.3. The Kier molecular flexibility index (Phi) is 5.42. The maximum absolute atomic E-state index is 12.0. The molecule has 0 saturated carbocycles. The number of carbonyl (C=O) groups excluding carboxylic acids is 1. The van der Waals surface area contributed by atoms with Crippen LogP contribution in [0.1, 0.15) is 43.6 Å². The summed E-state index contributed by atoms with van der Waals surface area (Å²) in [6.07, 6.45) is 3.91. The number of nitrogens with zero attached hydrogens (tertiary/aromatic N) is 1. The molecule has 0 spiro atoms. The van der Waals surface area contributed by atoms with Gasteiger partial charge in [-0.1, -0.05) is 20.3 Å². The number of carboxylic acids is 1. The van der Waals surface area contributed by atoms with Crippen molar-refractivity contribution >= 4 is 11.9 Å². The molecule has 0 unspecified atom stereocenters. The van der Waals surface area contributed by atoms with Gasteiger partial charge in [-0.3, -0.25) is 4.79 Å². The van der Waals surface area contributed by atoms with Crippen LogP contribution in [-0.4, -0.2) is 27.6 Å². The van der Waals surface area contributed by atoms with E-state index in [1.165, 1.54) is 0 Å². The molecule has 5 nitrogen and oxygen atoms in total. The number of hydrogen-bond acceptors (Lipinski definition) is 2. The highest BCUT2D eigenvalue weighted by molar-refractivity contribution is 5.95. The van der Waals surface area contributed by atoms with Crippen molar-refractivity contribution in [1.82, 2.24) is 9.88 Å². The van der Waals surface area contributed by atoms with Gasteiger partial charge in [-0.25, -0.2) is 4.79 Å². The average molecular weight is 252 g/mol. The Hall–Kier alpha value is -1.78. The van der Waals surface area contributed by atoms with E-state index in [1.54, 1.807) is 12.1 Å². The summed E-state index contributed by atoms with van der Waals surface area (Å²) in [4.78, 5) is 23.0. The largest absolute Gasteiger partial charge is 0.480 e. The molecule has 0 saturated heterocycles. The predicted octanol–water partition coefficient (Wildman–Crippen LogP) is 1.88. The summed E-state index contributed by atoms with van der Waals surface area (Å²) < 4.78 is 1.83. The highest BCUT2D eigenvalue weighted by atomic mass is 16.4. The molecular formula is C13H20N2O3. The van der Waals surface area contributed by atoms with Gasteiger partial charge >= 0.3 is 5.97 Å². The Bertz CT molecular complexity index is 412. The fourth-order valence-electron chi connectivity index (χ4n) is 1.83.